The van der Waals surface area contributed by atoms with Gasteiger partial charge in [-0.2, -0.15) is 0 Å². The molecule has 0 saturated carbocycles. The molecule has 0 aliphatic heterocycles. The first kappa shape index (κ1) is 14.5. The molecule has 0 N–H and O–H groups in total. The first-order chi connectivity index (χ1) is 8.30. The quantitative estimate of drug-likeness (QED) is 0.538. The summed E-state index contributed by atoms with van der Waals surface area (Å²) in [6.45, 7) is 2.10. The summed E-state index contributed by atoms with van der Waals surface area (Å²) >= 11 is 0. The van der Waals surface area contributed by atoms with E-state index in [1.165, 1.54) is 44.9 Å². The summed E-state index contributed by atoms with van der Waals surface area (Å²) in [6, 6.07) is 0. The molecule has 1 atom stereocenters. The summed E-state index contributed by atoms with van der Waals surface area (Å²) < 4.78 is 0. The average Bonchev–Trinajstić information content (AvgIpc) is 2.34. The zero-order valence-corrected chi connectivity index (χ0v) is 11.4. The number of allylic oxidation sites excluding steroid dienone is 2. The normalized spacial score (nSPS) is 28.1. The van der Waals surface area contributed by atoms with Gasteiger partial charge >= 0.3 is 0 Å². The smallest absolute Gasteiger partial charge is 0.135 e. The largest absolute Gasteiger partial charge is 0.299 e. The average molecular weight is 236 g/mol. The second-order valence-electron chi connectivity index (χ2n) is 5.43. The molecule has 98 valence electrons. The Labute approximate surface area is 107 Å². The minimum absolute atomic E-state index is 0.286. The van der Waals surface area contributed by atoms with Crippen LogP contribution in [0.3, 0.4) is 0 Å². The van der Waals surface area contributed by atoms with Crippen LogP contribution in [0.4, 0.5) is 0 Å². The molecule has 0 heterocycles. The molecule has 0 saturated heterocycles. The van der Waals surface area contributed by atoms with Crippen LogP contribution in [0.1, 0.15) is 77.6 Å². The van der Waals surface area contributed by atoms with Gasteiger partial charge in [-0.1, -0.05) is 44.8 Å². The van der Waals surface area contributed by atoms with Crippen LogP contribution in [0.2, 0.25) is 0 Å². The molecule has 1 unspecified atom stereocenters. The van der Waals surface area contributed by atoms with Crippen molar-refractivity contribution < 1.29 is 4.79 Å². The lowest BCUT2D eigenvalue weighted by Crippen LogP contribution is -2.10. The Morgan fingerprint density at radius 1 is 0.882 bits per heavy atom. The molecular formula is C16H28O. The molecule has 1 aliphatic carbocycles. The number of Topliss-reactive ketones (excluding diaryl/α,β-unsaturated/α-hetero) is 1. The molecule has 0 radical (unpaired) electrons. The number of carbonyl (C=O) groups excluding carboxylic acids is 1. The maximum atomic E-state index is 11.8. The summed E-state index contributed by atoms with van der Waals surface area (Å²) in [6.07, 6.45) is 17.8. The van der Waals surface area contributed by atoms with Crippen molar-refractivity contribution in [2.24, 2.45) is 5.92 Å². The zero-order chi connectivity index (χ0) is 12.3. The molecule has 1 heteroatoms. The standard InChI is InChI=1S/C16H28O/c1-15-13-11-9-7-5-3-2-4-6-8-10-12-14-16(15)17/h5,7,15H,2-4,6,8-14H2,1H3/b7-5+. The third kappa shape index (κ3) is 7.36. The van der Waals surface area contributed by atoms with Crippen LogP contribution >= 0.6 is 0 Å². The van der Waals surface area contributed by atoms with Crippen LogP contribution in [0, 0.1) is 5.92 Å². The van der Waals surface area contributed by atoms with Gasteiger partial charge in [-0.3, -0.25) is 4.79 Å². The van der Waals surface area contributed by atoms with Gasteiger partial charge < -0.3 is 0 Å². The minimum atomic E-state index is 0.286. The molecule has 1 aliphatic rings. The van der Waals surface area contributed by atoms with E-state index in [2.05, 4.69) is 19.1 Å². The van der Waals surface area contributed by atoms with Crippen LogP contribution in [0.25, 0.3) is 0 Å². The third-order valence-electron chi connectivity index (χ3n) is 3.77. The van der Waals surface area contributed by atoms with E-state index < -0.39 is 0 Å². The van der Waals surface area contributed by atoms with Gasteiger partial charge in [-0.15, -0.1) is 0 Å². The van der Waals surface area contributed by atoms with E-state index in [4.69, 9.17) is 0 Å². The zero-order valence-electron chi connectivity index (χ0n) is 11.4. The highest BCUT2D eigenvalue weighted by molar-refractivity contribution is 5.80. The van der Waals surface area contributed by atoms with Crippen molar-refractivity contribution in [3.63, 3.8) is 0 Å². The fourth-order valence-electron chi connectivity index (χ4n) is 2.45. The Bertz CT molecular complexity index is 230. The van der Waals surface area contributed by atoms with Gasteiger partial charge in [-0.25, -0.2) is 0 Å². The van der Waals surface area contributed by atoms with Crippen LogP contribution in [0.5, 0.6) is 0 Å². The number of hydrogen-bond donors (Lipinski definition) is 0. The van der Waals surface area contributed by atoms with E-state index in [0.29, 0.717) is 5.78 Å². The fraction of sp³-hybridized carbons (Fsp3) is 0.812. The first-order valence-corrected chi connectivity index (χ1v) is 7.48. The lowest BCUT2D eigenvalue weighted by atomic mass is 9.95. The summed E-state index contributed by atoms with van der Waals surface area (Å²) in [7, 11) is 0. The maximum absolute atomic E-state index is 11.8. The van der Waals surface area contributed by atoms with Crippen LogP contribution in [-0.2, 0) is 4.79 Å². The Kier molecular flexibility index (Phi) is 8.04. The predicted octanol–water partition coefficient (Wildman–Crippen LogP) is 5.05. The Morgan fingerprint density at radius 2 is 1.47 bits per heavy atom. The number of hydrogen-bond acceptors (Lipinski definition) is 1. The summed E-state index contributed by atoms with van der Waals surface area (Å²) in [5.41, 5.74) is 0. The molecule has 0 fully saturated rings. The molecule has 0 bridgehead atoms. The van der Waals surface area contributed by atoms with E-state index in [-0.39, 0.29) is 5.92 Å². The SMILES string of the molecule is CC1CCC/C=C/CCCCCCCCC1=O. The highest BCUT2D eigenvalue weighted by Gasteiger charge is 2.11. The number of rotatable bonds is 0. The monoisotopic (exact) mass is 236 g/mol. The molecule has 1 nitrogen and oxygen atoms in total. The highest BCUT2D eigenvalue weighted by Crippen LogP contribution is 2.16. The molecule has 0 aromatic rings. The van der Waals surface area contributed by atoms with E-state index in [1.807, 2.05) is 0 Å². The Balaban J connectivity index is 2.30. The van der Waals surface area contributed by atoms with Crippen molar-refractivity contribution in [3.05, 3.63) is 12.2 Å². The van der Waals surface area contributed by atoms with Gasteiger partial charge in [0, 0.05) is 12.3 Å². The van der Waals surface area contributed by atoms with Gasteiger partial charge in [0.25, 0.3) is 0 Å². The maximum Gasteiger partial charge on any atom is 0.135 e. The Hall–Kier alpha value is -0.590. The van der Waals surface area contributed by atoms with E-state index in [9.17, 15) is 4.79 Å². The Morgan fingerprint density at radius 3 is 2.24 bits per heavy atom. The second-order valence-corrected chi connectivity index (χ2v) is 5.43. The lowest BCUT2D eigenvalue weighted by Gasteiger charge is -2.09. The van der Waals surface area contributed by atoms with Gasteiger partial charge in [0.1, 0.15) is 5.78 Å². The van der Waals surface area contributed by atoms with Crippen molar-refractivity contribution >= 4 is 5.78 Å². The van der Waals surface area contributed by atoms with Gasteiger partial charge in [-0.05, 0) is 38.5 Å². The van der Waals surface area contributed by atoms with Crippen LogP contribution < -0.4 is 0 Å². The van der Waals surface area contributed by atoms with E-state index >= 15 is 0 Å². The summed E-state index contributed by atoms with van der Waals surface area (Å²) in [4.78, 5) is 11.8. The second kappa shape index (κ2) is 9.44. The molecule has 17 heavy (non-hydrogen) atoms. The van der Waals surface area contributed by atoms with Crippen molar-refractivity contribution in [3.8, 4) is 0 Å². The van der Waals surface area contributed by atoms with Crippen molar-refractivity contribution in [1.29, 1.82) is 0 Å². The minimum Gasteiger partial charge on any atom is -0.299 e. The molecule has 0 spiro atoms. The van der Waals surface area contributed by atoms with Crippen LogP contribution in [-0.4, -0.2) is 5.78 Å². The lowest BCUT2D eigenvalue weighted by molar-refractivity contribution is -0.122. The first-order valence-electron chi connectivity index (χ1n) is 7.48. The summed E-state index contributed by atoms with van der Waals surface area (Å²) in [5.74, 6) is 0.775. The van der Waals surface area contributed by atoms with E-state index in [0.717, 1.165) is 25.7 Å². The molecule has 0 aromatic heterocycles. The molecule has 1 rings (SSSR count). The van der Waals surface area contributed by atoms with E-state index in [1.54, 1.807) is 0 Å². The molecular weight excluding hydrogens is 208 g/mol. The predicted molar refractivity (Wildman–Crippen MR) is 74.1 cm³/mol. The number of carbonyl (C=O) groups is 1. The topological polar surface area (TPSA) is 17.1 Å². The third-order valence-corrected chi connectivity index (χ3v) is 3.77. The summed E-state index contributed by atoms with van der Waals surface area (Å²) in [5, 5.41) is 0. The number of ketones is 1. The van der Waals surface area contributed by atoms with Crippen molar-refractivity contribution in [2.75, 3.05) is 0 Å². The molecule has 0 amide bonds. The fourth-order valence-corrected chi connectivity index (χ4v) is 2.45. The van der Waals surface area contributed by atoms with Crippen molar-refractivity contribution in [1.82, 2.24) is 0 Å². The van der Waals surface area contributed by atoms with Crippen LogP contribution in [0.15, 0.2) is 12.2 Å². The van der Waals surface area contributed by atoms with Gasteiger partial charge in [0.15, 0.2) is 0 Å². The molecule has 0 aromatic carbocycles. The van der Waals surface area contributed by atoms with Gasteiger partial charge in [0.2, 0.25) is 0 Å². The highest BCUT2D eigenvalue weighted by atomic mass is 16.1. The van der Waals surface area contributed by atoms with Crippen molar-refractivity contribution in [2.45, 2.75) is 77.6 Å². The van der Waals surface area contributed by atoms with Gasteiger partial charge in [0.05, 0.1) is 0 Å².